The summed E-state index contributed by atoms with van der Waals surface area (Å²) in [5, 5.41) is 0. The maximum Gasteiger partial charge on any atom is 0.246 e. The van der Waals surface area contributed by atoms with Crippen molar-refractivity contribution in [3.05, 3.63) is 0 Å². The summed E-state index contributed by atoms with van der Waals surface area (Å²) in [7, 11) is 0.695. The molecule has 0 saturated heterocycles. The van der Waals surface area contributed by atoms with E-state index in [1.54, 1.807) is 0 Å². The van der Waals surface area contributed by atoms with Gasteiger partial charge in [-0.3, -0.25) is 0 Å². The van der Waals surface area contributed by atoms with Crippen LogP contribution in [0.5, 0.6) is 0 Å². The summed E-state index contributed by atoms with van der Waals surface area (Å²) >= 11 is 0. The van der Waals surface area contributed by atoms with Crippen molar-refractivity contribution in [1.29, 1.82) is 0 Å². The van der Waals surface area contributed by atoms with Crippen molar-refractivity contribution in [2.75, 3.05) is 0 Å². The topological polar surface area (TPSA) is 27.7 Å². The van der Waals surface area contributed by atoms with Crippen LogP contribution in [0.15, 0.2) is 0 Å². The Morgan fingerprint density at radius 2 is 0.929 bits per heavy atom. The lowest BCUT2D eigenvalue weighted by molar-refractivity contribution is -0.357. The van der Waals surface area contributed by atoms with Crippen LogP contribution in [-0.4, -0.2) is 34.2 Å². The van der Waals surface area contributed by atoms with Crippen molar-refractivity contribution in [3.8, 4) is 0 Å². The van der Waals surface area contributed by atoms with E-state index in [9.17, 15) is 0 Å². The first kappa shape index (κ1) is 14.1. The van der Waals surface area contributed by atoms with Crippen LogP contribution in [0.3, 0.4) is 0 Å². The molecule has 4 heteroatoms. The van der Waals surface area contributed by atoms with Gasteiger partial charge in [0, 0.05) is 0 Å². The van der Waals surface area contributed by atoms with Crippen molar-refractivity contribution >= 4 is 10.2 Å². The average molecular weight is 220 g/mol. The fourth-order valence-electron chi connectivity index (χ4n) is 1.37. The van der Waals surface area contributed by atoms with Gasteiger partial charge in [-0.1, -0.05) is 0 Å². The highest BCUT2D eigenvalue weighted by Gasteiger charge is 2.30. The van der Waals surface area contributed by atoms with Gasteiger partial charge < -0.3 is 14.2 Å². The van der Waals surface area contributed by atoms with Crippen LogP contribution in [0.4, 0.5) is 0 Å². The van der Waals surface area contributed by atoms with E-state index in [1.165, 1.54) is 0 Å². The highest BCUT2D eigenvalue weighted by Crippen LogP contribution is 2.18. The van der Waals surface area contributed by atoms with Gasteiger partial charge in [-0.05, 0) is 41.5 Å². The van der Waals surface area contributed by atoms with Crippen LogP contribution in [-0.2, 0) is 14.2 Å². The summed E-state index contributed by atoms with van der Waals surface area (Å²) in [4.78, 5) is 0. The summed E-state index contributed by atoms with van der Waals surface area (Å²) in [6.45, 7) is 11.9. The van der Waals surface area contributed by atoms with Crippen LogP contribution < -0.4 is 0 Å². The molecule has 0 aliphatic carbocycles. The molecule has 0 fully saturated rings. The first-order valence-electron chi connectivity index (χ1n) is 5.28. The molecule has 0 aromatic rings. The fraction of sp³-hybridized carbons (Fsp3) is 1.00. The molecule has 0 spiro atoms. The zero-order valence-electron chi connectivity index (χ0n) is 10.5. The van der Waals surface area contributed by atoms with Crippen LogP contribution in [0, 0.1) is 0 Å². The first-order valence-corrected chi connectivity index (χ1v) is 6.28. The largest absolute Gasteiger partial charge is 0.330 e. The second-order valence-corrected chi connectivity index (χ2v) is 5.59. The van der Waals surface area contributed by atoms with Gasteiger partial charge in [0.05, 0.1) is 18.3 Å². The van der Waals surface area contributed by atoms with Crippen molar-refractivity contribution in [2.24, 2.45) is 0 Å². The maximum absolute atomic E-state index is 5.68. The number of hydrogen-bond acceptors (Lipinski definition) is 3. The van der Waals surface area contributed by atoms with Gasteiger partial charge >= 0.3 is 0 Å². The molecule has 0 aromatic heterocycles. The molecule has 0 rings (SSSR count). The molecule has 0 heterocycles. The minimum Gasteiger partial charge on any atom is -0.330 e. The van der Waals surface area contributed by atoms with Gasteiger partial charge in [-0.25, -0.2) is 0 Å². The molecule has 0 unspecified atom stereocenters. The lowest BCUT2D eigenvalue weighted by atomic mass is 10.5. The summed E-state index contributed by atoms with van der Waals surface area (Å²) in [6.07, 6.45) is 0.347. The highest BCUT2D eigenvalue weighted by atomic mass is 28.1. The molecule has 14 heavy (non-hydrogen) atoms. The van der Waals surface area contributed by atoms with Crippen LogP contribution in [0.2, 0.25) is 0 Å². The third-order valence-corrected chi connectivity index (χ3v) is 2.06. The molecule has 0 amide bonds. The summed E-state index contributed by atoms with van der Waals surface area (Å²) in [5.41, 5.74) is -0.795. The monoisotopic (exact) mass is 220 g/mol. The SMILES string of the molecule is CC(C)OC([SiH3])(OC(C)C)OC(C)C. The molecule has 0 bridgehead atoms. The smallest absolute Gasteiger partial charge is 0.246 e. The number of ether oxygens (including phenoxy) is 3. The van der Waals surface area contributed by atoms with Gasteiger partial charge in [0.1, 0.15) is 10.2 Å². The van der Waals surface area contributed by atoms with Crippen molar-refractivity contribution in [3.63, 3.8) is 0 Å². The molecule has 0 aliphatic heterocycles. The van der Waals surface area contributed by atoms with E-state index in [0.29, 0.717) is 10.2 Å². The van der Waals surface area contributed by atoms with Crippen LogP contribution >= 0.6 is 0 Å². The molecule has 3 nitrogen and oxygen atoms in total. The molecule has 0 aromatic carbocycles. The second-order valence-electron chi connectivity index (χ2n) is 4.36. The van der Waals surface area contributed by atoms with Crippen molar-refractivity contribution in [2.45, 2.75) is 65.5 Å². The molecule has 0 N–H and O–H groups in total. The molecular weight excluding hydrogens is 196 g/mol. The third-order valence-electron chi connectivity index (χ3n) is 1.35. The van der Waals surface area contributed by atoms with Crippen LogP contribution in [0.25, 0.3) is 0 Å². The third kappa shape index (κ3) is 6.54. The summed E-state index contributed by atoms with van der Waals surface area (Å²) in [6, 6.07) is 0. The molecular formula is C10H24O3Si. The summed E-state index contributed by atoms with van der Waals surface area (Å²) in [5.74, 6) is 0. The molecule has 0 atom stereocenters. The number of hydrogen-bond donors (Lipinski definition) is 0. The Morgan fingerprint density at radius 1 is 0.714 bits per heavy atom. The van der Waals surface area contributed by atoms with E-state index in [1.807, 2.05) is 41.5 Å². The quantitative estimate of drug-likeness (QED) is 0.498. The predicted octanol–water partition coefficient (Wildman–Crippen LogP) is 1.24. The van der Waals surface area contributed by atoms with Crippen molar-refractivity contribution < 1.29 is 14.2 Å². The lowest BCUT2D eigenvalue weighted by Gasteiger charge is -2.35. The summed E-state index contributed by atoms with van der Waals surface area (Å²) < 4.78 is 17.0. The zero-order valence-corrected chi connectivity index (χ0v) is 12.5. The number of rotatable bonds is 6. The standard InChI is InChI=1S/C10H24O3Si/c1-7(2)11-10(14,12-8(3)4)13-9(5)6/h7-9H,1-6,14H3. The minimum absolute atomic E-state index is 0.116. The van der Waals surface area contributed by atoms with E-state index in [-0.39, 0.29) is 18.3 Å². The van der Waals surface area contributed by atoms with E-state index >= 15 is 0 Å². The van der Waals surface area contributed by atoms with Crippen LogP contribution in [0.1, 0.15) is 41.5 Å². The van der Waals surface area contributed by atoms with Crippen molar-refractivity contribution in [1.82, 2.24) is 0 Å². The lowest BCUT2D eigenvalue weighted by Crippen LogP contribution is -2.45. The van der Waals surface area contributed by atoms with Gasteiger partial charge in [-0.2, -0.15) is 0 Å². The fourth-order valence-corrected chi connectivity index (χ4v) is 2.78. The Kier molecular flexibility index (Phi) is 5.89. The van der Waals surface area contributed by atoms with Gasteiger partial charge in [-0.15, -0.1) is 0 Å². The Morgan fingerprint density at radius 3 is 1.07 bits per heavy atom. The van der Waals surface area contributed by atoms with Gasteiger partial charge in [0.25, 0.3) is 0 Å². The van der Waals surface area contributed by atoms with E-state index in [4.69, 9.17) is 14.2 Å². The average Bonchev–Trinajstić information content (AvgIpc) is 1.76. The molecule has 0 aliphatic rings. The molecule has 0 saturated carbocycles. The highest BCUT2D eigenvalue weighted by molar-refractivity contribution is 6.12. The second kappa shape index (κ2) is 5.85. The Hall–Kier alpha value is 0.0969. The van der Waals surface area contributed by atoms with E-state index < -0.39 is 5.60 Å². The Labute approximate surface area is 90.5 Å². The molecule has 86 valence electrons. The Bertz CT molecular complexity index is 131. The normalized spacial score (nSPS) is 13.5. The molecule has 0 radical (unpaired) electrons. The van der Waals surface area contributed by atoms with E-state index in [2.05, 4.69) is 0 Å². The zero-order chi connectivity index (χ0) is 11.4. The Balaban J connectivity index is 4.32. The van der Waals surface area contributed by atoms with Gasteiger partial charge in [0.15, 0.2) is 0 Å². The van der Waals surface area contributed by atoms with Gasteiger partial charge in [0.2, 0.25) is 5.60 Å². The maximum atomic E-state index is 5.68. The predicted molar refractivity (Wildman–Crippen MR) is 61.3 cm³/mol. The van der Waals surface area contributed by atoms with E-state index in [0.717, 1.165) is 0 Å². The minimum atomic E-state index is -0.795. The first-order chi connectivity index (χ1) is 6.25.